The molecule has 0 aliphatic carbocycles. The molecular formula is C23H18N4O2. The first-order valence-electron chi connectivity index (χ1n) is 9.10. The number of hydrogen-bond acceptors (Lipinski definition) is 4. The maximum Gasteiger partial charge on any atom is 0.278 e. The smallest absolute Gasteiger partial charge is 0.268 e. The third-order valence-electron chi connectivity index (χ3n) is 4.46. The molecule has 142 valence electrons. The van der Waals surface area contributed by atoms with Gasteiger partial charge in [-0.2, -0.15) is 5.10 Å². The van der Waals surface area contributed by atoms with Gasteiger partial charge in [-0.25, -0.2) is 10.4 Å². The Hall–Kier alpha value is -4.06. The summed E-state index contributed by atoms with van der Waals surface area (Å²) in [6.45, 7) is 1.87. The Morgan fingerprint density at radius 1 is 0.931 bits per heavy atom. The average molecular weight is 382 g/mol. The number of fused-ring (bicyclic) bond motifs is 1. The number of nitrogens with one attached hydrogen (secondary N) is 1. The molecule has 2 heterocycles. The number of aryl methyl sites for hydroxylation is 1. The number of amides is 1. The molecule has 0 unspecified atom stereocenters. The molecule has 6 heteroatoms. The van der Waals surface area contributed by atoms with Crippen LogP contribution in [0, 0.1) is 6.92 Å². The van der Waals surface area contributed by atoms with E-state index in [1.165, 1.54) is 10.6 Å². The quantitative estimate of drug-likeness (QED) is 0.435. The molecule has 0 saturated heterocycles. The number of pyridine rings is 1. The summed E-state index contributed by atoms with van der Waals surface area (Å²) in [6, 6.07) is 22.7. The summed E-state index contributed by atoms with van der Waals surface area (Å²) in [5, 5.41) is 4.32. The molecule has 1 N–H and O–H groups in total. The van der Waals surface area contributed by atoms with Gasteiger partial charge in [0.05, 0.1) is 5.71 Å². The third-order valence-corrected chi connectivity index (χ3v) is 4.46. The Labute approximate surface area is 167 Å². The summed E-state index contributed by atoms with van der Waals surface area (Å²) in [5.41, 5.74) is 5.68. The van der Waals surface area contributed by atoms with E-state index in [9.17, 15) is 9.59 Å². The van der Waals surface area contributed by atoms with Crippen LogP contribution in [-0.4, -0.2) is 21.0 Å². The molecule has 29 heavy (non-hydrogen) atoms. The molecule has 0 bridgehead atoms. The van der Waals surface area contributed by atoms with Crippen molar-refractivity contribution in [2.24, 2.45) is 5.10 Å². The Morgan fingerprint density at radius 3 is 2.17 bits per heavy atom. The van der Waals surface area contributed by atoms with Crippen molar-refractivity contribution in [3.05, 3.63) is 118 Å². The van der Waals surface area contributed by atoms with Crippen LogP contribution in [0.1, 0.15) is 27.0 Å². The third kappa shape index (κ3) is 3.82. The van der Waals surface area contributed by atoms with Gasteiger partial charge in [0.1, 0.15) is 11.2 Å². The van der Waals surface area contributed by atoms with Gasteiger partial charge in [-0.15, -0.1) is 0 Å². The van der Waals surface area contributed by atoms with Crippen LogP contribution in [0.2, 0.25) is 0 Å². The lowest BCUT2D eigenvalue weighted by molar-refractivity contribution is 0.0953. The minimum absolute atomic E-state index is 0.0719. The van der Waals surface area contributed by atoms with Crippen molar-refractivity contribution >= 4 is 17.3 Å². The van der Waals surface area contributed by atoms with Gasteiger partial charge in [0.2, 0.25) is 0 Å². The number of hydrazone groups is 1. The highest BCUT2D eigenvalue weighted by Gasteiger charge is 2.14. The Balaban J connectivity index is 1.71. The highest BCUT2D eigenvalue weighted by atomic mass is 16.2. The predicted octanol–water partition coefficient (Wildman–Crippen LogP) is 3.19. The molecule has 0 aliphatic rings. The summed E-state index contributed by atoms with van der Waals surface area (Å²) in [4.78, 5) is 29.6. The van der Waals surface area contributed by atoms with E-state index in [-0.39, 0.29) is 5.56 Å². The molecule has 0 spiro atoms. The van der Waals surface area contributed by atoms with Crippen LogP contribution >= 0.6 is 0 Å². The van der Waals surface area contributed by atoms with Gasteiger partial charge in [-0.3, -0.25) is 14.0 Å². The molecule has 4 aromatic rings. The lowest BCUT2D eigenvalue weighted by atomic mass is 10.0. The maximum absolute atomic E-state index is 12.7. The number of benzene rings is 2. The molecule has 0 saturated carbocycles. The van der Waals surface area contributed by atoms with Gasteiger partial charge in [0.25, 0.3) is 11.5 Å². The molecule has 6 nitrogen and oxygen atoms in total. The fourth-order valence-corrected chi connectivity index (χ4v) is 2.99. The largest absolute Gasteiger partial charge is 0.278 e. The number of hydrogen-bond donors (Lipinski definition) is 1. The number of nitrogens with zero attached hydrogens (tertiary/aromatic N) is 3. The highest BCUT2D eigenvalue weighted by Crippen LogP contribution is 2.10. The minimum Gasteiger partial charge on any atom is -0.268 e. The number of aromatic nitrogens is 2. The van der Waals surface area contributed by atoms with Crippen molar-refractivity contribution in [1.82, 2.24) is 14.8 Å². The summed E-state index contributed by atoms with van der Waals surface area (Å²) < 4.78 is 1.36. The highest BCUT2D eigenvalue weighted by molar-refractivity contribution is 6.13. The van der Waals surface area contributed by atoms with E-state index in [2.05, 4.69) is 15.5 Å². The van der Waals surface area contributed by atoms with E-state index < -0.39 is 11.5 Å². The van der Waals surface area contributed by atoms with Gasteiger partial charge < -0.3 is 0 Å². The van der Waals surface area contributed by atoms with Crippen molar-refractivity contribution in [1.29, 1.82) is 0 Å². The van der Waals surface area contributed by atoms with E-state index in [0.29, 0.717) is 11.4 Å². The van der Waals surface area contributed by atoms with Gasteiger partial charge in [-0.1, -0.05) is 66.7 Å². The molecular weight excluding hydrogens is 364 g/mol. The van der Waals surface area contributed by atoms with Gasteiger partial charge in [0, 0.05) is 23.5 Å². The molecule has 0 fully saturated rings. The zero-order chi connectivity index (χ0) is 20.2. The lowest BCUT2D eigenvalue weighted by Crippen LogP contribution is -2.30. The van der Waals surface area contributed by atoms with Gasteiger partial charge >= 0.3 is 0 Å². The first-order valence-corrected chi connectivity index (χ1v) is 9.10. The first-order chi connectivity index (χ1) is 14.1. The Bertz CT molecular complexity index is 1220. The van der Waals surface area contributed by atoms with Crippen molar-refractivity contribution < 1.29 is 4.79 Å². The molecule has 0 atom stereocenters. The molecule has 1 amide bonds. The molecule has 2 aromatic heterocycles. The lowest BCUT2D eigenvalue weighted by Gasteiger charge is -2.08. The zero-order valence-electron chi connectivity index (χ0n) is 15.7. The normalized spacial score (nSPS) is 10.5. The van der Waals surface area contributed by atoms with Gasteiger partial charge in [-0.05, 0) is 18.6 Å². The predicted molar refractivity (Wildman–Crippen MR) is 112 cm³/mol. The van der Waals surface area contributed by atoms with E-state index in [4.69, 9.17) is 0 Å². The number of carbonyl (C=O) groups excluding carboxylic acids is 1. The van der Waals surface area contributed by atoms with E-state index >= 15 is 0 Å². The molecule has 0 radical (unpaired) electrons. The van der Waals surface area contributed by atoms with Crippen LogP contribution in [0.3, 0.4) is 0 Å². The second kappa shape index (κ2) is 7.90. The van der Waals surface area contributed by atoms with Crippen LogP contribution in [-0.2, 0) is 0 Å². The van der Waals surface area contributed by atoms with Crippen LogP contribution in [0.5, 0.6) is 0 Å². The minimum atomic E-state index is -0.609. The van der Waals surface area contributed by atoms with E-state index in [0.717, 1.165) is 16.7 Å². The second-order valence-corrected chi connectivity index (χ2v) is 6.55. The van der Waals surface area contributed by atoms with Crippen molar-refractivity contribution in [2.45, 2.75) is 6.92 Å². The standard InChI is InChI=1S/C23H18N4O2/c1-16-12-13-20-24-14-19(23(29)27(20)15-16)22(28)26-25-21(17-8-4-2-5-9-17)18-10-6-3-7-11-18/h2-15H,1H3,(H,26,28). The Kier molecular flexibility index (Phi) is 4.99. The summed E-state index contributed by atoms with van der Waals surface area (Å²) in [5.74, 6) is -0.609. The SMILES string of the molecule is Cc1ccc2ncc(C(=O)NN=C(c3ccccc3)c3ccccc3)c(=O)n2c1. The van der Waals surface area contributed by atoms with Gasteiger partial charge in [0.15, 0.2) is 0 Å². The monoisotopic (exact) mass is 382 g/mol. The Morgan fingerprint density at radius 2 is 1.55 bits per heavy atom. The first kappa shape index (κ1) is 18.3. The molecule has 4 rings (SSSR count). The van der Waals surface area contributed by atoms with Crippen molar-refractivity contribution in [2.75, 3.05) is 0 Å². The fraction of sp³-hybridized carbons (Fsp3) is 0.0435. The zero-order valence-corrected chi connectivity index (χ0v) is 15.7. The van der Waals surface area contributed by atoms with E-state index in [1.54, 1.807) is 12.3 Å². The summed E-state index contributed by atoms with van der Waals surface area (Å²) >= 11 is 0. The topological polar surface area (TPSA) is 75.8 Å². The van der Waals surface area contributed by atoms with Crippen LogP contribution < -0.4 is 11.0 Å². The average Bonchev–Trinajstić information content (AvgIpc) is 2.76. The second-order valence-electron chi connectivity index (χ2n) is 6.55. The van der Waals surface area contributed by atoms with Crippen molar-refractivity contribution in [3.8, 4) is 0 Å². The molecule has 2 aromatic carbocycles. The van der Waals surface area contributed by atoms with E-state index in [1.807, 2.05) is 73.7 Å². The van der Waals surface area contributed by atoms with Crippen LogP contribution in [0.25, 0.3) is 5.65 Å². The number of carbonyl (C=O) groups is 1. The summed E-state index contributed by atoms with van der Waals surface area (Å²) in [7, 11) is 0. The fourth-order valence-electron chi connectivity index (χ4n) is 2.99. The van der Waals surface area contributed by atoms with Crippen LogP contribution in [0.15, 0.2) is 95.1 Å². The van der Waals surface area contributed by atoms with Crippen LogP contribution in [0.4, 0.5) is 0 Å². The molecule has 0 aliphatic heterocycles. The van der Waals surface area contributed by atoms with Crippen molar-refractivity contribution in [3.63, 3.8) is 0 Å². The number of rotatable bonds is 4. The summed E-state index contributed by atoms with van der Waals surface area (Å²) in [6.07, 6.45) is 2.94. The maximum atomic E-state index is 12.7.